The van der Waals surface area contributed by atoms with Crippen LogP contribution in [0.1, 0.15) is 18.1 Å². The van der Waals surface area contributed by atoms with Crippen LogP contribution in [0.3, 0.4) is 0 Å². The lowest BCUT2D eigenvalue weighted by atomic mass is 10.2. The summed E-state index contributed by atoms with van der Waals surface area (Å²) >= 11 is 0. The van der Waals surface area contributed by atoms with Crippen molar-refractivity contribution >= 4 is 21.8 Å². The highest BCUT2D eigenvalue weighted by Crippen LogP contribution is 2.22. The van der Waals surface area contributed by atoms with Crippen molar-refractivity contribution in [2.75, 3.05) is 0 Å². The molecule has 1 heterocycles. The minimum atomic E-state index is -3.66. The van der Waals surface area contributed by atoms with Gasteiger partial charge in [-0.05, 0) is 36.8 Å². The van der Waals surface area contributed by atoms with Crippen LogP contribution >= 0.6 is 0 Å². The van der Waals surface area contributed by atoms with Crippen molar-refractivity contribution in [1.29, 1.82) is 0 Å². The maximum Gasteiger partial charge on any atom is 0.330 e. The number of hydrogen-bond donors (Lipinski definition) is 1. The summed E-state index contributed by atoms with van der Waals surface area (Å²) in [6.07, 6.45) is 0. The highest BCUT2D eigenvalue weighted by molar-refractivity contribution is 7.90. The highest BCUT2D eigenvalue weighted by Gasteiger charge is 2.31. The maximum absolute atomic E-state index is 13.1. The molecular formula is C17H15FN2O4S. The number of fused-ring (bicyclic) bond motifs is 1. The van der Waals surface area contributed by atoms with E-state index in [2.05, 4.69) is 9.71 Å². The maximum atomic E-state index is 13.1. The van der Waals surface area contributed by atoms with Crippen molar-refractivity contribution < 1.29 is 22.3 Å². The molecular weight excluding hydrogens is 347 g/mol. The molecule has 0 spiro atoms. The van der Waals surface area contributed by atoms with E-state index >= 15 is 0 Å². The molecule has 0 fully saturated rings. The summed E-state index contributed by atoms with van der Waals surface area (Å²) < 4.78 is 44.6. The van der Waals surface area contributed by atoms with Crippen molar-refractivity contribution in [2.45, 2.75) is 24.5 Å². The summed E-state index contributed by atoms with van der Waals surface area (Å²) in [6.45, 7) is 1.41. The van der Waals surface area contributed by atoms with Crippen molar-refractivity contribution in [3.05, 3.63) is 65.5 Å². The van der Waals surface area contributed by atoms with Gasteiger partial charge in [-0.3, -0.25) is 9.71 Å². The van der Waals surface area contributed by atoms with Gasteiger partial charge in [0.15, 0.2) is 0 Å². The number of esters is 1. The van der Waals surface area contributed by atoms with Crippen LogP contribution in [0.25, 0.3) is 0 Å². The number of nitrogens with zero attached hydrogens (tertiary/aromatic N) is 1. The van der Waals surface area contributed by atoms with Crippen molar-refractivity contribution in [3.8, 4) is 0 Å². The number of sulfonamides is 1. The fraction of sp³-hybridized carbons (Fsp3) is 0.176. The van der Waals surface area contributed by atoms with E-state index in [0.29, 0.717) is 11.1 Å². The van der Waals surface area contributed by atoms with Gasteiger partial charge < -0.3 is 4.74 Å². The summed E-state index contributed by atoms with van der Waals surface area (Å²) in [6, 6.07) is 11.2. The fourth-order valence-electron chi connectivity index (χ4n) is 2.38. The molecule has 0 saturated heterocycles. The second-order valence-corrected chi connectivity index (χ2v) is 7.14. The second-order valence-electron chi connectivity index (χ2n) is 5.49. The average Bonchev–Trinajstić information content (AvgIpc) is 2.84. The first kappa shape index (κ1) is 17.1. The van der Waals surface area contributed by atoms with E-state index in [1.54, 1.807) is 24.3 Å². The number of aliphatic imine (C=N–C) groups is 1. The molecule has 2 aromatic carbocycles. The topological polar surface area (TPSA) is 84.8 Å². The second kappa shape index (κ2) is 6.64. The van der Waals surface area contributed by atoms with E-state index in [-0.39, 0.29) is 17.3 Å². The number of carbonyl (C=O) groups excluding carboxylic acids is 1. The normalized spacial score (nSPS) is 17.6. The van der Waals surface area contributed by atoms with Crippen LogP contribution in [0.15, 0.2) is 58.4 Å². The fourth-order valence-corrected chi connectivity index (χ4v) is 3.62. The molecule has 0 unspecified atom stereocenters. The first-order chi connectivity index (χ1) is 11.9. The molecule has 2 aromatic rings. The molecule has 1 aliphatic heterocycles. The number of carbonyl (C=O) groups is 1. The minimum absolute atomic E-state index is 0.0892. The standard InChI is InChI=1S/C17H15FN2O4S/c1-11(17(21)24-10-12-5-4-6-13(18)9-12)19-16-14-7-2-3-8-15(14)25(22,23)20-16/h2-9,11H,10H2,1H3,(H,19,20)/t11-/m0/s1. The lowest BCUT2D eigenvalue weighted by Crippen LogP contribution is -2.26. The third-order valence-corrected chi connectivity index (χ3v) is 4.99. The van der Waals surface area contributed by atoms with Crippen LogP contribution in [-0.4, -0.2) is 26.3 Å². The Bertz CT molecular complexity index is 957. The Kier molecular flexibility index (Phi) is 4.54. The smallest absolute Gasteiger partial charge is 0.330 e. The van der Waals surface area contributed by atoms with Gasteiger partial charge in [-0.25, -0.2) is 17.6 Å². The van der Waals surface area contributed by atoms with Crippen LogP contribution in [0, 0.1) is 5.82 Å². The molecule has 1 aliphatic rings. The quantitative estimate of drug-likeness (QED) is 0.843. The van der Waals surface area contributed by atoms with Gasteiger partial charge in [0, 0.05) is 5.56 Å². The van der Waals surface area contributed by atoms with Gasteiger partial charge in [-0.15, -0.1) is 0 Å². The Balaban J connectivity index is 1.72. The molecule has 130 valence electrons. The van der Waals surface area contributed by atoms with E-state index in [0.717, 1.165) is 0 Å². The number of nitrogens with one attached hydrogen (secondary N) is 1. The Hall–Kier alpha value is -2.74. The predicted molar refractivity (Wildman–Crippen MR) is 89.0 cm³/mol. The molecule has 0 bridgehead atoms. The summed E-state index contributed by atoms with van der Waals surface area (Å²) in [5.41, 5.74) is 0.924. The van der Waals surface area contributed by atoms with Crippen LogP contribution in [0.4, 0.5) is 4.39 Å². The summed E-state index contributed by atoms with van der Waals surface area (Å²) in [4.78, 5) is 16.3. The van der Waals surface area contributed by atoms with Gasteiger partial charge in [0.05, 0.1) is 4.90 Å². The number of ether oxygens (including phenoxy) is 1. The Morgan fingerprint density at radius 1 is 1.24 bits per heavy atom. The molecule has 6 nitrogen and oxygen atoms in total. The van der Waals surface area contributed by atoms with Crippen molar-refractivity contribution in [3.63, 3.8) is 0 Å². The first-order valence-electron chi connectivity index (χ1n) is 7.48. The summed E-state index contributed by atoms with van der Waals surface area (Å²) in [5.74, 6) is -0.954. The first-order valence-corrected chi connectivity index (χ1v) is 8.96. The Morgan fingerprint density at radius 2 is 2.00 bits per heavy atom. The van der Waals surface area contributed by atoms with Crippen LogP contribution in [0.2, 0.25) is 0 Å². The molecule has 1 atom stereocenters. The zero-order chi connectivity index (χ0) is 18.0. The zero-order valence-electron chi connectivity index (χ0n) is 13.3. The lowest BCUT2D eigenvalue weighted by molar-refractivity contribution is -0.146. The highest BCUT2D eigenvalue weighted by atomic mass is 32.2. The number of benzene rings is 2. The van der Waals surface area contributed by atoms with Crippen molar-refractivity contribution in [1.82, 2.24) is 4.72 Å². The van der Waals surface area contributed by atoms with E-state index in [4.69, 9.17) is 4.74 Å². The number of amidine groups is 1. The predicted octanol–water partition coefficient (Wildman–Crippen LogP) is 2.00. The average molecular weight is 362 g/mol. The molecule has 25 heavy (non-hydrogen) atoms. The monoisotopic (exact) mass is 362 g/mol. The third-order valence-electron chi connectivity index (χ3n) is 3.60. The molecule has 0 amide bonds. The summed E-state index contributed by atoms with van der Waals surface area (Å²) in [7, 11) is -3.66. The number of rotatable bonds is 4. The summed E-state index contributed by atoms with van der Waals surface area (Å²) in [5, 5.41) is 0. The third kappa shape index (κ3) is 3.69. The Labute approximate surface area is 144 Å². The molecule has 0 saturated carbocycles. The van der Waals surface area contributed by atoms with Crippen LogP contribution in [-0.2, 0) is 26.2 Å². The van der Waals surface area contributed by atoms with Gasteiger partial charge in [0.2, 0.25) is 0 Å². The largest absolute Gasteiger partial charge is 0.459 e. The van der Waals surface area contributed by atoms with Crippen LogP contribution < -0.4 is 4.72 Å². The number of halogens is 1. The molecule has 0 radical (unpaired) electrons. The van der Waals surface area contributed by atoms with Crippen LogP contribution in [0.5, 0.6) is 0 Å². The molecule has 3 rings (SSSR count). The minimum Gasteiger partial charge on any atom is -0.459 e. The van der Waals surface area contributed by atoms with Gasteiger partial charge in [0.25, 0.3) is 10.0 Å². The Morgan fingerprint density at radius 3 is 2.76 bits per heavy atom. The zero-order valence-corrected chi connectivity index (χ0v) is 14.1. The van der Waals surface area contributed by atoms with Gasteiger partial charge in [0.1, 0.15) is 24.3 Å². The molecule has 8 heteroatoms. The van der Waals surface area contributed by atoms with Gasteiger partial charge in [-0.2, -0.15) is 0 Å². The van der Waals surface area contributed by atoms with E-state index < -0.39 is 27.9 Å². The van der Waals surface area contributed by atoms with E-state index in [1.165, 1.54) is 31.2 Å². The van der Waals surface area contributed by atoms with Gasteiger partial charge in [-0.1, -0.05) is 24.3 Å². The lowest BCUT2D eigenvalue weighted by Gasteiger charge is -2.09. The SMILES string of the molecule is C[C@H](N=C1NS(=O)(=O)c2ccccc21)C(=O)OCc1cccc(F)c1. The molecule has 1 N–H and O–H groups in total. The molecule has 0 aromatic heterocycles. The van der Waals surface area contributed by atoms with E-state index in [9.17, 15) is 17.6 Å². The molecule has 0 aliphatic carbocycles. The van der Waals surface area contributed by atoms with Crippen molar-refractivity contribution in [2.24, 2.45) is 4.99 Å². The van der Waals surface area contributed by atoms with E-state index in [1.807, 2.05) is 0 Å². The number of hydrogen-bond acceptors (Lipinski definition) is 5. The van der Waals surface area contributed by atoms with Gasteiger partial charge >= 0.3 is 5.97 Å².